The fourth-order valence-corrected chi connectivity index (χ4v) is 2.66. The summed E-state index contributed by atoms with van der Waals surface area (Å²) in [4.78, 5) is 0. The molecule has 0 aliphatic rings. The van der Waals surface area contributed by atoms with Crippen LogP contribution in [0, 0.1) is 20.8 Å². The molecule has 0 spiro atoms. The Hall–Kier alpha value is -1.87. The summed E-state index contributed by atoms with van der Waals surface area (Å²) in [6.45, 7) is 8.44. The molecule has 0 radical (unpaired) electrons. The number of anilines is 1. The molecule has 0 fully saturated rings. The van der Waals surface area contributed by atoms with Crippen molar-refractivity contribution in [3.8, 4) is 0 Å². The molecule has 1 unspecified atom stereocenters. The topological polar surface area (TPSA) is 24.1 Å². The van der Waals surface area contributed by atoms with Crippen molar-refractivity contribution in [1.82, 2.24) is 5.32 Å². The van der Waals surface area contributed by atoms with Gasteiger partial charge < -0.3 is 10.6 Å². The van der Waals surface area contributed by atoms with Crippen LogP contribution in [0.4, 0.5) is 5.69 Å². The zero-order valence-corrected chi connectivity index (χ0v) is 14.6. The van der Waals surface area contributed by atoms with Crippen molar-refractivity contribution in [3.05, 3.63) is 64.7 Å². The molecule has 3 heteroatoms. The third-order valence-electron chi connectivity index (χ3n) is 3.83. The van der Waals surface area contributed by atoms with Crippen molar-refractivity contribution in [2.75, 3.05) is 5.32 Å². The lowest BCUT2D eigenvalue weighted by atomic mass is 10.0. The molecule has 0 aliphatic carbocycles. The maximum atomic E-state index is 5.49. The van der Waals surface area contributed by atoms with Gasteiger partial charge in [-0.3, -0.25) is 0 Å². The predicted molar refractivity (Wildman–Crippen MR) is 99.5 cm³/mol. The van der Waals surface area contributed by atoms with E-state index in [1.54, 1.807) is 0 Å². The normalized spacial score (nSPS) is 11.8. The highest BCUT2D eigenvalue weighted by atomic mass is 32.1. The molecule has 2 aromatic rings. The summed E-state index contributed by atoms with van der Waals surface area (Å²) < 4.78 is 0. The third kappa shape index (κ3) is 4.31. The highest BCUT2D eigenvalue weighted by molar-refractivity contribution is 7.80. The Morgan fingerprint density at radius 3 is 2.27 bits per heavy atom. The van der Waals surface area contributed by atoms with Gasteiger partial charge >= 0.3 is 0 Å². The average Bonchev–Trinajstić information content (AvgIpc) is 2.49. The molecule has 2 rings (SSSR count). The number of hydrogen-bond acceptors (Lipinski definition) is 1. The first-order valence-corrected chi connectivity index (χ1v) is 8.11. The van der Waals surface area contributed by atoms with Crippen LogP contribution in [-0.2, 0) is 0 Å². The lowest BCUT2D eigenvalue weighted by Crippen LogP contribution is -2.32. The van der Waals surface area contributed by atoms with Gasteiger partial charge in [-0.2, -0.15) is 0 Å². The molecule has 0 saturated carbocycles. The van der Waals surface area contributed by atoms with Crippen molar-refractivity contribution in [1.29, 1.82) is 0 Å². The molecule has 0 aliphatic heterocycles. The maximum absolute atomic E-state index is 5.49. The lowest BCUT2D eigenvalue weighted by molar-refractivity contribution is 0.629. The Morgan fingerprint density at radius 1 is 1.00 bits per heavy atom. The zero-order valence-electron chi connectivity index (χ0n) is 13.7. The summed E-state index contributed by atoms with van der Waals surface area (Å²) in [7, 11) is 0. The highest BCUT2D eigenvalue weighted by Gasteiger charge is 2.11. The van der Waals surface area contributed by atoms with Gasteiger partial charge in [0.2, 0.25) is 0 Å². The van der Waals surface area contributed by atoms with Gasteiger partial charge in [-0.1, -0.05) is 48.9 Å². The molecule has 1 atom stereocenters. The molecule has 0 bridgehead atoms. The Labute approximate surface area is 139 Å². The van der Waals surface area contributed by atoms with Crippen LogP contribution in [-0.4, -0.2) is 5.11 Å². The van der Waals surface area contributed by atoms with Crippen LogP contribution in [0.2, 0.25) is 0 Å². The molecule has 116 valence electrons. The molecule has 22 heavy (non-hydrogen) atoms. The first-order valence-electron chi connectivity index (χ1n) is 7.71. The second-order valence-corrected chi connectivity index (χ2v) is 6.20. The molecule has 2 nitrogen and oxygen atoms in total. The van der Waals surface area contributed by atoms with E-state index in [4.69, 9.17) is 12.2 Å². The van der Waals surface area contributed by atoms with Gasteiger partial charge in [0, 0.05) is 5.69 Å². The van der Waals surface area contributed by atoms with Crippen molar-refractivity contribution in [2.45, 2.75) is 40.2 Å². The minimum atomic E-state index is 0.228. The summed E-state index contributed by atoms with van der Waals surface area (Å²) >= 11 is 5.49. The first-order chi connectivity index (χ1) is 10.5. The number of thiocarbonyl (C=S) groups is 1. The molecular formula is C19H24N2S. The van der Waals surface area contributed by atoms with Crippen LogP contribution in [0.3, 0.4) is 0 Å². The zero-order chi connectivity index (χ0) is 16.1. The monoisotopic (exact) mass is 312 g/mol. The SMILES string of the molecule is CCC(NC(=S)Nc1cc(C)ccc1C)c1ccc(C)cc1. The minimum Gasteiger partial charge on any atom is -0.356 e. The fraction of sp³-hybridized carbons (Fsp3) is 0.316. The second kappa shape index (κ2) is 7.41. The van der Waals surface area contributed by atoms with E-state index in [0.717, 1.165) is 12.1 Å². The molecule has 0 heterocycles. The smallest absolute Gasteiger partial charge is 0.171 e. The second-order valence-electron chi connectivity index (χ2n) is 5.79. The summed E-state index contributed by atoms with van der Waals surface area (Å²) in [5, 5.41) is 7.40. The number of nitrogens with one attached hydrogen (secondary N) is 2. The van der Waals surface area contributed by atoms with Gasteiger partial charge in [-0.25, -0.2) is 0 Å². The largest absolute Gasteiger partial charge is 0.356 e. The van der Waals surface area contributed by atoms with Crippen LogP contribution in [0.5, 0.6) is 0 Å². The van der Waals surface area contributed by atoms with Crippen LogP contribution in [0.25, 0.3) is 0 Å². The van der Waals surface area contributed by atoms with Crippen LogP contribution < -0.4 is 10.6 Å². The van der Waals surface area contributed by atoms with Gasteiger partial charge in [-0.15, -0.1) is 0 Å². The summed E-state index contributed by atoms with van der Waals surface area (Å²) in [6, 6.07) is 15.2. The van der Waals surface area contributed by atoms with E-state index in [-0.39, 0.29) is 6.04 Å². The van der Waals surface area contributed by atoms with Crippen LogP contribution in [0.15, 0.2) is 42.5 Å². The summed E-state index contributed by atoms with van der Waals surface area (Å²) in [5.74, 6) is 0. The van der Waals surface area contributed by atoms with Crippen LogP contribution >= 0.6 is 12.2 Å². The minimum absolute atomic E-state index is 0.228. The van der Waals surface area contributed by atoms with Crippen molar-refractivity contribution in [3.63, 3.8) is 0 Å². The number of rotatable bonds is 4. The molecular weight excluding hydrogens is 288 g/mol. The Balaban J connectivity index is 2.06. The predicted octanol–water partition coefficient (Wildman–Crippen LogP) is 5.05. The van der Waals surface area contributed by atoms with E-state index < -0.39 is 0 Å². The van der Waals surface area contributed by atoms with Crippen LogP contribution in [0.1, 0.15) is 41.6 Å². The number of aryl methyl sites for hydroxylation is 3. The van der Waals surface area contributed by atoms with E-state index in [0.29, 0.717) is 5.11 Å². The molecule has 0 saturated heterocycles. The summed E-state index contributed by atoms with van der Waals surface area (Å²) in [6.07, 6.45) is 0.984. The van der Waals surface area contributed by atoms with Crippen molar-refractivity contribution < 1.29 is 0 Å². The van der Waals surface area contributed by atoms with E-state index in [1.807, 2.05) is 0 Å². The molecule has 0 aromatic heterocycles. The summed E-state index contributed by atoms with van der Waals surface area (Å²) in [5.41, 5.74) is 6.02. The maximum Gasteiger partial charge on any atom is 0.171 e. The molecule has 0 amide bonds. The van der Waals surface area contributed by atoms with E-state index in [2.05, 4.69) is 80.8 Å². The van der Waals surface area contributed by atoms with Gasteiger partial charge in [0.1, 0.15) is 0 Å². The number of hydrogen-bond donors (Lipinski definition) is 2. The number of benzene rings is 2. The average molecular weight is 312 g/mol. The quantitative estimate of drug-likeness (QED) is 0.773. The lowest BCUT2D eigenvalue weighted by Gasteiger charge is -2.21. The van der Waals surface area contributed by atoms with Gasteiger partial charge in [0.15, 0.2) is 5.11 Å². The van der Waals surface area contributed by atoms with Crippen molar-refractivity contribution >= 4 is 23.0 Å². The van der Waals surface area contributed by atoms with E-state index >= 15 is 0 Å². The first kappa shape index (κ1) is 16.5. The van der Waals surface area contributed by atoms with E-state index in [9.17, 15) is 0 Å². The Bertz CT molecular complexity index is 647. The third-order valence-corrected chi connectivity index (χ3v) is 4.05. The molecule has 2 N–H and O–H groups in total. The molecule has 2 aromatic carbocycles. The van der Waals surface area contributed by atoms with Crippen molar-refractivity contribution in [2.24, 2.45) is 0 Å². The van der Waals surface area contributed by atoms with Gasteiger partial charge in [-0.05, 0) is 62.2 Å². The Kier molecular flexibility index (Phi) is 5.56. The standard InChI is InChI=1S/C19H24N2S/c1-5-17(16-10-7-13(2)8-11-16)20-19(22)21-18-12-14(3)6-9-15(18)4/h6-12,17H,5H2,1-4H3,(H2,20,21,22). The van der Waals surface area contributed by atoms with Gasteiger partial charge in [0.25, 0.3) is 0 Å². The van der Waals surface area contributed by atoms with E-state index in [1.165, 1.54) is 22.3 Å². The highest BCUT2D eigenvalue weighted by Crippen LogP contribution is 2.19. The Morgan fingerprint density at radius 2 is 1.64 bits per heavy atom. The fourth-order valence-electron chi connectivity index (χ4n) is 2.41. The van der Waals surface area contributed by atoms with Gasteiger partial charge in [0.05, 0.1) is 6.04 Å².